The van der Waals surface area contributed by atoms with Crippen LogP contribution < -0.4 is 0 Å². The quantitative estimate of drug-likeness (QED) is 0.434. The van der Waals surface area contributed by atoms with Crippen LogP contribution in [0, 0.1) is 39.2 Å². The summed E-state index contributed by atoms with van der Waals surface area (Å²) >= 11 is 0. The van der Waals surface area contributed by atoms with Gasteiger partial charge in [-0.2, -0.15) is 0 Å². The molecule has 0 saturated heterocycles. The average molecular weight is 296 g/mol. The van der Waals surface area contributed by atoms with Crippen molar-refractivity contribution in [2.24, 2.45) is 0 Å². The Labute approximate surface area is 118 Å². The Morgan fingerprint density at radius 3 is 1.78 bits per heavy atom. The molecule has 0 amide bonds. The minimum atomic E-state index is -0.473. The Kier molecular flexibility index (Phi) is 60.6. The van der Waals surface area contributed by atoms with Crippen molar-refractivity contribution in [2.75, 3.05) is 0 Å². The Balaban J connectivity index is -0.0000000700. The molecule has 0 rings (SSSR count). The summed E-state index contributed by atoms with van der Waals surface area (Å²) in [5.41, 5.74) is 0. The van der Waals surface area contributed by atoms with E-state index in [0.717, 1.165) is 0 Å². The molecule has 1 N–H and O–H groups in total. The van der Waals surface area contributed by atoms with Gasteiger partial charge in [0.05, 0.1) is 12.2 Å². The van der Waals surface area contributed by atoms with Crippen LogP contribution >= 0.6 is 0 Å². The van der Waals surface area contributed by atoms with Crippen molar-refractivity contribution in [2.45, 2.75) is 26.1 Å². The van der Waals surface area contributed by atoms with E-state index in [1.165, 1.54) is 6.47 Å². The second kappa shape index (κ2) is 36.0. The van der Waals surface area contributed by atoms with Crippen molar-refractivity contribution in [3.05, 3.63) is 39.2 Å². The van der Waals surface area contributed by atoms with E-state index < -0.39 is 6.10 Å². The molecule has 7 heteroatoms. The maximum atomic E-state index is 9.67. The fraction of sp³-hybridized carbons (Fsp3) is 0.364. The number of hydrogen-bond donors (Lipinski definition) is 1. The Morgan fingerprint density at radius 2 is 1.50 bits per heavy atom. The van der Waals surface area contributed by atoms with E-state index >= 15 is 0 Å². The molecule has 0 unspecified atom stereocenters. The second-order valence-corrected chi connectivity index (χ2v) is 2.22. The van der Waals surface area contributed by atoms with Crippen LogP contribution in [0.3, 0.4) is 0 Å². The van der Waals surface area contributed by atoms with Crippen LogP contribution in [0.5, 0.6) is 0 Å². The van der Waals surface area contributed by atoms with Crippen molar-refractivity contribution >= 4 is 6.47 Å². The van der Waals surface area contributed by atoms with Crippen molar-refractivity contribution in [3.63, 3.8) is 0 Å². The number of aliphatic hydroxyl groups is 1. The van der Waals surface area contributed by atoms with E-state index in [0.29, 0.717) is 0 Å². The normalized spacial score (nSPS) is 9.83. The first-order chi connectivity index (χ1) is 8.16. The zero-order chi connectivity index (χ0) is 14.7. The van der Waals surface area contributed by atoms with Gasteiger partial charge in [0.15, 0.2) is 0 Å². The van der Waals surface area contributed by atoms with E-state index in [4.69, 9.17) is 19.1 Å². The van der Waals surface area contributed by atoms with Gasteiger partial charge in [-0.3, -0.25) is 0 Å². The van der Waals surface area contributed by atoms with Gasteiger partial charge in [-0.25, -0.2) is 0 Å². The van der Waals surface area contributed by atoms with Crippen molar-refractivity contribution in [1.82, 2.24) is 0 Å². The van der Waals surface area contributed by atoms with Crippen LogP contribution in [-0.4, -0.2) is 23.8 Å². The van der Waals surface area contributed by atoms with E-state index in [2.05, 4.69) is 24.7 Å². The summed E-state index contributed by atoms with van der Waals surface area (Å²) in [6.07, 6.45) is 4.12. The van der Waals surface area contributed by atoms with E-state index in [-0.39, 0.29) is 23.2 Å². The minimum Gasteiger partial charge on any atom is 0 e. The molecule has 0 aromatic rings. The molecule has 18 heavy (non-hydrogen) atoms. The molecule has 2 atom stereocenters. The van der Waals surface area contributed by atoms with Gasteiger partial charge in [0.25, 0.3) is 0 Å². The summed E-state index contributed by atoms with van der Waals surface area (Å²) in [4.78, 5) is 9.67. The van der Waals surface area contributed by atoms with Gasteiger partial charge >= 0.3 is 33.9 Å². The van der Waals surface area contributed by atoms with Crippen LogP contribution in [0.15, 0.2) is 0 Å². The molecule has 0 aromatic heterocycles. The predicted molar refractivity (Wildman–Crippen MR) is 52.6 cm³/mol. The standard InChI is InChI=1S/C8H12O3.3CO.Fe/c1-7(10)4-3-5-8(2)11-6-9;3*1-2;/h3-5,7-8,10H,1-2H3;;;;/q-1;;;;/t7-,8+;;;;/m0..../s1. The van der Waals surface area contributed by atoms with Gasteiger partial charge in [-0.05, 0) is 26.7 Å². The van der Waals surface area contributed by atoms with Crippen molar-refractivity contribution in [3.8, 4) is 0 Å². The zero-order valence-corrected chi connectivity index (χ0v) is 10.8. The summed E-state index contributed by atoms with van der Waals surface area (Å²) in [5.74, 6) is 0. The zero-order valence-electron chi connectivity index (χ0n) is 9.73. The SMILES string of the molecule is C[C@H](O)[CH][CH][CH][C@@H](C)O[C-]=O.[C-]#[O+].[C-]#[O+].[C-]#[O+].[Fe]. The second-order valence-electron chi connectivity index (χ2n) is 2.22. The Morgan fingerprint density at radius 1 is 1.11 bits per heavy atom. The van der Waals surface area contributed by atoms with Gasteiger partial charge in [0.1, 0.15) is 0 Å². The van der Waals surface area contributed by atoms with Crippen LogP contribution in [0.2, 0.25) is 0 Å². The summed E-state index contributed by atoms with van der Waals surface area (Å²) in [5, 5.41) is 8.77. The van der Waals surface area contributed by atoms with Crippen LogP contribution in [0.1, 0.15) is 13.8 Å². The monoisotopic (exact) mass is 296 g/mol. The maximum absolute atomic E-state index is 9.67. The number of hydrogen-bond acceptors (Lipinski definition) is 3. The third-order valence-corrected chi connectivity index (χ3v) is 1.01. The summed E-state index contributed by atoms with van der Waals surface area (Å²) in [6, 6.07) is 0. The molecule has 3 radical (unpaired) electrons. The Bertz CT molecular complexity index is 185. The molecular weight excluding hydrogens is 284 g/mol. The molecule has 0 aliphatic rings. The van der Waals surface area contributed by atoms with Gasteiger partial charge < -0.3 is 14.6 Å². The third-order valence-electron chi connectivity index (χ3n) is 1.01. The van der Waals surface area contributed by atoms with Gasteiger partial charge in [-0.1, -0.05) is 6.47 Å². The first-order valence-electron chi connectivity index (χ1n) is 4.00. The topological polar surface area (TPSA) is 106 Å². The van der Waals surface area contributed by atoms with E-state index in [1.807, 2.05) is 0 Å². The molecule has 0 aliphatic carbocycles. The fourth-order valence-electron chi connectivity index (χ4n) is 0.497. The number of ether oxygens (including phenoxy) is 1. The fourth-order valence-corrected chi connectivity index (χ4v) is 0.497. The molecule has 0 fully saturated rings. The molecule has 6 nitrogen and oxygen atoms in total. The molecule has 0 aliphatic heterocycles. The summed E-state index contributed by atoms with van der Waals surface area (Å²) < 4.78 is 26.9. The predicted octanol–water partition coefficient (Wildman–Crippen LogP) is 0.337. The van der Waals surface area contributed by atoms with Crippen LogP contribution in [-0.2, 0) is 40.6 Å². The first kappa shape index (κ1) is 30.3. The molecule has 0 heterocycles. The molecule has 0 saturated carbocycles. The third kappa shape index (κ3) is 45.6. The van der Waals surface area contributed by atoms with Gasteiger partial charge in [0, 0.05) is 23.5 Å². The van der Waals surface area contributed by atoms with Crippen molar-refractivity contribution < 1.29 is 45.7 Å². The van der Waals surface area contributed by atoms with Crippen LogP contribution in [0.25, 0.3) is 0 Å². The number of rotatable bonds is 6. The minimum absolute atomic E-state index is 0. The number of carbonyl (C=O) groups excluding carboxylic acids is 1. The van der Waals surface area contributed by atoms with E-state index in [1.54, 1.807) is 33.1 Å². The van der Waals surface area contributed by atoms with Crippen molar-refractivity contribution in [1.29, 1.82) is 0 Å². The van der Waals surface area contributed by atoms with E-state index in [9.17, 15) is 4.79 Å². The molecular formula is C11H12FeO6-. The molecule has 0 bridgehead atoms. The Hall–Kier alpha value is -0.831. The maximum Gasteiger partial charge on any atom is 0 e. The molecule has 101 valence electrons. The first-order valence-corrected chi connectivity index (χ1v) is 4.00. The smallest absolute Gasteiger partial charge is 0 e. The number of aliphatic hydroxyl groups excluding tert-OH is 1. The van der Waals surface area contributed by atoms with Crippen LogP contribution in [0.4, 0.5) is 0 Å². The summed E-state index contributed by atoms with van der Waals surface area (Å²) in [7, 11) is 0. The largest absolute Gasteiger partial charge is 0 e. The molecule has 0 aromatic carbocycles. The van der Waals surface area contributed by atoms with Gasteiger partial charge in [-0.15, -0.1) is 0 Å². The summed E-state index contributed by atoms with van der Waals surface area (Å²) in [6.45, 7) is 18.2. The molecule has 0 spiro atoms. The average Bonchev–Trinajstić information content (AvgIpc) is 2.36. The van der Waals surface area contributed by atoms with Gasteiger partial charge in [0.2, 0.25) is 0 Å².